The Morgan fingerprint density at radius 1 is 1.07 bits per heavy atom. The second kappa shape index (κ2) is 19.4. The molecule has 2 amide bonds. The molecule has 40 heavy (non-hydrogen) atoms. The summed E-state index contributed by atoms with van der Waals surface area (Å²) in [5.41, 5.74) is 3.55. The molecule has 220 valence electrons. The maximum absolute atomic E-state index is 13.5. The first-order valence-corrected chi connectivity index (χ1v) is 14.3. The molecule has 1 fully saturated rings. The summed E-state index contributed by atoms with van der Waals surface area (Å²) < 4.78 is 5.21. The van der Waals surface area contributed by atoms with E-state index in [0.717, 1.165) is 35.1 Å². The van der Waals surface area contributed by atoms with Crippen LogP contribution in [0.2, 0.25) is 0 Å². The number of aromatic hydroxyl groups is 1. The molecule has 1 aliphatic carbocycles. The predicted octanol–water partition coefficient (Wildman–Crippen LogP) is 7.31. The van der Waals surface area contributed by atoms with Crippen LogP contribution in [0.25, 0.3) is 0 Å². The van der Waals surface area contributed by atoms with Gasteiger partial charge in [0.15, 0.2) is 0 Å². The van der Waals surface area contributed by atoms with E-state index in [4.69, 9.17) is 4.74 Å². The zero-order valence-electron chi connectivity index (χ0n) is 25.0. The zero-order valence-corrected chi connectivity index (χ0v) is 25.0. The molecule has 1 atom stereocenters. The fourth-order valence-electron chi connectivity index (χ4n) is 3.99. The molecule has 2 N–H and O–H groups in total. The van der Waals surface area contributed by atoms with Crippen molar-refractivity contribution < 1.29 is 20.9 Å². The van der Waals surface area contributed by atoms with Gasteiger partial charge in [0.1, 0.15) is 11.8 Å². The standard InChI is InChI=1S/C29H34N2O4.C3H8.C2H6.H2/c1-4-6-21(5-2)19-30-29(34)28(24-12-7-23(8-13-24)20-35-3)31(25-14-15-25)27(33)18-11-22-9-16-26(32)17-10-22;1-3-2;1-2;/h4-10,12-13,16-17,25,28,32H,1-2,11,14-15,18-20H2,3H3,(H,30,34);3H2,1-2H3;1-2H3;1H/b21-6+;;;. The molecular weight excluding hydrogens is 500 g/mol. The van der Waals surface area contributed by atoms with Crippen LogP contribution in [-0.4, -0.2) is 41.5 Å². The van der Waals surface area contributed by atoms with Gasteiger partial charge in [0, 0.05) is 27.5 Å². The molecule has 1 aliphatic rings. The van der Waals surface area contributed by atoms with Gasteiger partial charge in [-0.15, -0.1) is 0 Å². The third-order valence-corrected chi connectivity index (χ3v) is 5.99. The SMILES string of the molecule is C=C/C=C(\C=C)CNC(=O)C(c1ccc(COC)cc1)N(C(=O)CCc1ccc(O)cc1)C1CC1.CC.CCC.[HH]. The van der Waals surface area contributed by atoms with Crippen molar-refractivity contribution in [3.8, 4) is 5.75 Å². The monoisotopic (exact) mass is 550 g/mol. The zero-order chi connectivity index (χ0) is 29.9. The second-order valence-electron chi connectivity index (χ2n) is 9.38. The van der Waals surface area contributed by atoms with Crippen molar-refractivity contribution in [3.63, 3.8) is 0 Å². The third kappa shape index (κ3) is 11.6. The lowest BCUT2D eigenvalue weighted by molar-refractivity contribution is -0.141. The van der Waals surface area contributed by atoms with E-state index >= 15 is 0 Å². The predicted molar refractivity (Wildman–Crippen MR) is 167 cm³/mol. The number of methoxy groups -OCH3 is 1. The summed E-state index contributed by atoms with van der Waals surface area (Å²) in [6.07, 6.45) is 8.95. The first-order valence-electron chi connectivity index (χ1n) is 14.3. The van der Waals surface area contributed by atoms with Crippen molar-refractivity contribution in [1.82, 2.24) is 10.2 Å². The summed E-state index contributed by atoms with van der Waals surface area (Å²) in [6.45, 7) is 16.5. The fourth-order valence-corrected chi connectivity index (χ4v) is 3.99. The lowest BCUT2D eigenvalue weighted by Gasteiger charge is -2.32. The van der Waals surface area contributed by atoms with Crippen LogP contribution in [0.5, 0.6) is 5.75 Å². The van der Waals surface area contributed by atoms with Crippen molar-refractivity contribution >= 4 is 11.8 Å². The van der Waals surface area contributed by atoms with Gasteiger partial charge in [0.2, 0.25) is 11.8 Å². The number of amides is 2. The molecule has 0 bridgehead atoms. The van der Waals surface area contributed by atoms with Crippen molar-refractivity contribution in [1.29, 1.82) is 0 Å². The minimum Gasteiger partial charge on any atom is -0.508 e. The van der Waals surface area contributed by atoms with Gasteiger partial charge in [-0.05, 0) is 53.7 Å². The number of benzene rings is 2. The summed E-state index contributed by atoms with van der Waals surface area (Å²) in [4.78, 5) is 28.8. The van der Waals surface area contributed by atoms with Crippen molar-refractivity contribution in [2.24, 2.45) is 0 Å². The molecule has 0 heterocycles. The number of nitrogens with one attached hydrogen (secondary N) is 1. The van der Waals surface area contributed by atoms with E-state index in [1.165, 1.54) is 6.42 Å². The maximum atomic E-state index is 13.5. The Balaban J connectivity index is 0.00000250. The Hall–Kier alpha value is -3.64. The number of rotatable bonds is 13. The molecule has 3 rings (SSSR count). The maximum Gasteiger partial charge on any atom is 0.247 e. The van der Waals surface area contributed by atoms with Gasteiger partial charge in [-0.2, -0.15) is 0 Å². The number of phenols is 1. The quantitative estimate of drug-likeness (QED) is 0.256. The topological polar surface area (TPSA) is 78.9 Å². The van der Waals surface area contributed by atoms with Crippen LogP contribution in [0, 0.1) is 0 Å². The molecular formula is C34H50N2O4. The lowest BCUT2D eigenvalue weighted by Crippen LogP contribution is -2.45. The van der Waals surface area contributed by atoms with Crippen LogP contribution in [0.15, 0.2) is 85.5 Å². The molecule has 1 unspecified atom stereocenters. The number of carbonyl (C=O) groups excluding carboxylic acids is 2. The molecule has 0 radical (unpaired) electrons. The van der Waals surface area contributed by atoms with E-state index in [2.05, 4.69) is 32.3 Å². The minimum absolute atomic E-state index is 0. The van der Waals surface area contributed by atoms with Gasteiger partial charge in [-0.1, -0.05) is 102 Å². The van der Waals surface area contributed by atoms with Crippen LogP contribution in [0.4, 0.5) is 0 Å². The van der Waals surface area contributed by atoms with Crippen LogP contribution in [0.3, 0.4) is 0 Å². The lowest BCUT2D eigenvalue weighted by atomic mass is 10.0. The van der Waals surface area contributed by atoms with Gasteiger partial charge in [-0.3, -0.25) is 9.59 Å². The molecule has 0 spiro atoms. The smallest absolute Gasteiger partial charge is 0.247 e. The van der Waals surface area contributed by atoms with Crippen LogP contribution in [-0.2, 0) is 27.4 Å². The van der Waals surface area contributed by atoms with E-state index in [0.29, 0.717) is 19.6 Å². The number of carbonyl (C=O) groups is 2. The molecule has 2 aromatic carbocycles. The summed E-state index contributed by atoms with van der Waals surface area (Å²) in [6, 6.07) is 13.8. The van der Waals surface area contributed by atoms with E-state index in [1.54, 1.807) is 42.4 Å². The normalized spacial score (nSPS) is 13.0. The highest BCUT2D eigenvalue weighted by molar-refractivity contribution is 5.89. The molecule has 6 heteroatoms. The van der Waals surface area contributed by atoms with Crippen molar-refractivity contribution in [3.05, 3.63) is 102 Å². The summed E-state index contributed by atoms with van der Waals surface area (Å²) in [7, 11) is 1.64. The minimum atomic E-state index is -0.735. The first kappa shape index (κ1) is 34.4. The van der Waals surface area contributed by atoms with Crippen LogP contribution >= 0.6 is 0 Å². The van der Waals surface area contributed by atoms with E-state index in [1.807, 2.05) is 50.2 Å². The van der Waals surface area contributed by atoms with Crippen molar-refractivity contribution in [2.75, 3.05) is 13.7 Å². The Morgan fingerprint density at radius 3 is 2.15 bits per heavy atom. The van der Waals surface area contributed by atoms with Gasteiger partial charge in [0.25, 0.3) is 0 Å². The molecule has 6 nitrogen and oxygen atoms in total. The summed E-state index contributed by atoms with van der Waals surface area (Å²) >= 11 is 0. The van der Waals surface area contributed by atoms with Gasteiger partial charge < -0.3 is 20.1 Å². The first-order chi connectivity index (χ1) is 19.4. The Kier molecular flexibility index (Phi) is 16.7. The Morgan fingerprint density at radius 2 is 1.65 bits per heavy atom. The Bertz CT molecular complexity index is 1080. The number of allylic oxidation sites excluding steroid dienone is 2. The number of phenolic OH excluding ortho intramolecular Hbond substituents is 1. The molecule has 0 aromatic heterocycles. The number of ether oxygens (including phenoxy) is 1. The van der Waals surface area contributed by atoms with E-state index in [9.17, 15) is 14.7 Å². The highest BCUT2D eigenvalue weighted by Crippen LogP contribution is 2.36. The molecule has 0 saturated heterocycles. The number of hydrogen-bond acceptors (Lipinski definition) is 4. The highest BCUT2D eigenvalue weighted by Gasteiger charge is 2.41. The van der Waals surface area contributed by atoms with Gasteiger partial charge >= 0.3 is 0 Å². The highest BCUT2D eigenvalue weighted by atomic mass is 16.5. The van der Waals surface area contributed by atoms with Crippen molar-refractivity contribution in [2.45, 2.75) is 78.5 Å². The van der Waals surface area contributed by atoms with Gasteiger partial charge in [0.05, 0.1) is 6.61 Å². The molecule has 1 saturated carbocycles. The average molecular weight is 551 g/mol. The number of nitrogens with zero attached hydrogens (tertiary/aromatic N) is 1. The number of hydrogen-bond donors (Lipinski definition) is 2. The largest absolute Gasteiger partial charge is 0.508 e. The van der Waals surface area contributed by atoms with E-state index < -0.39 is 6.04 Å². The average Bonchev–Trinajstić information content (AvgIpc) is 3.81. The summed E-state index contributed by atoms with van der Waals surface area (Å²) in [5.74, 6) is -0.101. The summed E-state index contributed by atoms with van der Waals surface area (Å²) in [5, 5.41) is 12.5. The number of aryl methyl sites for hydroxylation is 1. The van der Waals surface area contributed by atoms with Gasteiger partial charge in [-0.25, -0.2) is 0 Å². The van der Waals surface area contributed by atoms with E-state index in [-0.39, 0.29) is 31.5 Å². The Labute approximate surface area is 242 Å². The molecule has 0 aliphatic heterocycles. The third-order valence-electron chi connectivity index (χ3n) is 5.99. The van der Waals surface area contributed by atoms with Crippen LogP contribution < -0.4 is 5.32 Å². The fraction of sp³-hybridized carbons (Fsp3) is 0.412. The van der Waals surface area contributed by atoms with Crippen LogP contribution in [0.1, 0.15) is 77.5 Å². The second-order valence-corrected chi connectivity index (χ2v) is 9.38. The molecule has 2 aromatic rings.